The minimum Gasteiger partial charge on any atom is -0.397 e. The number of thiophene rings is 1. The predicted octanol–water partition coefficient (Wildman–Crippen LogP) is 2.22. The molecular weight excluding hydrogens is 284 g/mol. The summed E-state index contributed by atoms with van der Waals surface area (Å²) < 4.78 is 1.02. The van der Waals surface area contributed by atoms with Crippen LogP contribution in [0.25, 0.3) is 10.1 Å². The lowest BCUT2D eigenvalue weighted by atomic mass is 10.2. The van der Waals surface area contributed by atoms with Crippen LogP contribution in [-0.4, -0.2) is 30.5 Å². The number of amides is 1. The lowest BCUT2D eigenvalue weighted by molar-refractivity contribution is 0.0958. The molecule has 0 atom stereocenters. The molecule has 2 aromatic rings. The first kappa shape index (κ1) is 15.7. The molecule has 0 fully saturated rings. The summed E-state index contributed by atoms with van der Waals surface area (Å²) in [7, 11) is 0. The Morgan fingerprint density at radius 2 is 2.14 bits per heavy atom. The molecule has 6 heteroatoms. The highest BCUT2D eigenvalue weighted by molar-refractivity contribution is 7.21. The van der Waals surface area contributed by atoms with Crippen LogP contribution in [0.5, 0.6) is 0 Å². The van der Waals surface area contributed by atoms with Gasteiger partial charge in [0.1, 0.15) is 4.88 Å². The second-order valence-electron chi connectivity index (χ2n) is 5.03. The number of rotatable bonds is 6. The molecule has 0 saturated heterocycles. The average molecular weight is 306 g/mol. The molecule has 4 N–H and O–H groups in total. The second kappa shape index (κ2) is 6.87. The maximum Gasteiger partial charge on any atom is 0.263 e. The summed E-state index contributed by atoms with van der Waals surface area (Å²) in [4.78, 5) is 17.2. The summed E-state index contributed by atoms with van der Waals surface area (Å²) in [6, 6.07) is 1.98. The van der Waals surface area contributed by atoms with E-state index in [0.717, 1.165) is 41.0 Å². The first-order valence-corrected chi connectivity index (χ1v) is 8.01. The summed E-state index contributed by atoms with van der Waals surface area (Å²) in [6.45, 7) is 8.44. The Morgan fingerprint density at radius 1 is 1.38 bits per heavy atom. The molecule has 1 amide bonds. The van der Waals surface area contributed by atoms with Crippen molar-refractivity contribution in [2.45, 2.75) is 27.2 Å². The topological polar surface area (TPSA) is 80.0 Å². The van der Waals surface area contributed by atoms with E-state index in [-0.39, 0.29) is 5.91 Å². The van der Waals surface area contributed by atoms with Crippen molar-refractivity contribution in [1.29, 1.82) is 0 Å². The standard InChI is InChI=1S/C15H22N4OS/c1-4-17-6-5-7-18-15(20)14-13(16)12-10(3)19-9(2)8-11(12)21-14/h8,17H,4-7,16H2,1-3H3,(H,18,20). The van der Waals surface area contributed by atoms with Gasteiger partial charge in [0.15, 0.2) is 0 Å². The zero-order valence-corrected chi connectivity index (χ0v) is 13.6. The van der Waals surface area contributed by atoms with Crippen molar-refractivity contribution in [3.8, 4) is 0 Å². The van der Waals surface area contributed by atoms with Crippen LogP contribution in [-0.2, 0) is 0 Å². The fourth-order valence-corrected chi connectivity index (χ4v) is 3.51. The maximum absolute atomic E-state index is 12.2. The number of carbonyl (C=O) groups excluding carboxylic acids is 1. The zero-order chi connectivity index (χ0) is 15.4. The molecule has 0 bridgehead atoms. The third-order valence-electron chi connectivity index (χ3n) is 3.29. The van der Waals surface area contributed by atoms with E-state index in [2.05, 4.69) is 22.5 Å². The molecule has 0 aliphatic carbocycles. The largest absolute Gasteiger partial charge is 0.397 e. The first-order chi connectivity index (χ1) is 10.0. The number of nitrogens with two attached hydrogens (primary N) is 1. The van der Waals surface area contributed by atoms with Crippen LogP contribution in [0.1, 0.15) is 34.4 Å². The first-order valence-electron chi connectivity index (χ1n) is 7.19. The number of nitrogen functional groups attached to an aromatic ring is 1. The molecule has 2 heterocycles. The van der Waals surface area contributed by atoms with E-state index in [4.69, 9.17) is 5.73 Å². The van der Waals surface area contributed by atoms with Crippen LogP contribution in [0.3, 0.4) is 0 Å². The van der Waals surface area contributed by atoms with E-state index in [1.807, 2.05) is 19.9 Å². The van der Waals surface area contributed by atoms with Gasteiger partial charge in [-0.1, -0.05) is 6.92 Å². The van der Waals surface area contributed by atoms with Crippen molar-refractivity contribution in [3.63, 3.8) is 0 Å². The van der Waals surface area contributed by atoms with E-state index in [0.29, 0.717) is 17.1 Å². The number of aryl methyl sites for hydroxylation is 2. The minimum absolute atomic E-state index is 0.0951. The number of nitrogens with zero attached hydrogens (tertiary/aromatic N) is 1. The Labute approximate surface area is 128 Å². The van der Waals surface area contributed by atoms with E-state index in [1.54, 1.807) is 0 Å². The Hall–Kier alpha value is -1.66. The lowest BCUT2D eigenvalue weighted by Crippen LogP contribution is -2.27. The Morgan fingerprint density at radius 3 is 2.86 bits per heavy atom. The molecule has 21 heavy (non-hydrogen) atoms. The predicted molar refractivity (Wildman–Crippen MR) is 89.0 cm³/mol. The fourth-order valence-electron chi connectivity index (χ4n) is 2.32. The van der Waals surface area contributed by atoms with Gasteiger partial charge >= 0.3 is 0 Å². The quantitative estimate of drug-likeness (QED) is 0.715. The highest BCUT2D eigenvalue weighted by Crippen LogP contribution is 2.35. The molecular formula is C15H22N4OS. The Bertz CT molecular complexity index is 651. The fraction of sp³-hybridized carbons (Fsp3) is 0.467. The molecule has 0 radical (unpaired) electrons. The van der Waals surface area contributed by atoms with Crippen LogP contribution in [0, 0.1) is 13.8 Å². The van der Waals surface area contributed by atoms with Crippen molar-refractivity contribution >= 4 is 33.0 Å². The lowest BCUT2D eigenvalue weighted by Gasteiger charge is -2.05. The number of pyridine rings is 1. The monoisotopic (exact) mass is 306 g/mol. The normalized spacial score (nSPS) is 11.0. The average Bonchev–Trinajstić information content (AvgIpc) is 2.75. The van der Waals surface area contributed by atoms with Crippen LogP contribution in [0.15, 0.2) is 6.07 Å². The molecule has 0 spiro atoms. The van der Waals surface area contributed by atoms with Gasteiger partial charge in [-0.05, 0) is 39.4 Å². The molecule has 5 nitrogen and oxygen atoms in total. The highest BCUT2D eigenvalue weighted by atomic mass is 32.1. The number of anilines is 1. The summed E-state index contributed by atoms with van der Waals surface area (Å²) in [5.74, 6) is -0.0951. The SMILES string of the molecule is CCNCCCNC(=O)c1sc2cc(C)nc(C)c2c1N. The minimum atomic E-state index is -0.0951. The van der Waals surface area contributed by atoms with Gasteiger partial charge < -0.3 is 16.4 Å². The number of nitrogens with one attached hydrogen (secondary N) is 2. The molecule has 114 valence electrons. The molecule has 0 aromatic carbocycles. The van der Waals surface area contributed by atoms with E-state index >= 15 is 0 Å². The number of fused-ring (bicyclic) bond motifs is 1. The summed E-state index contributed by atoms with van der Waals surface area (Å²) in [5.41, 5.74) is 8.51. The summed E-state index contributed by atoms with van der Waals surface area (Å²) in [5, 5.41) is 7.06. The van der Waals surface area contributed by atoms with Crippen molar-refractivity contribution in [2.75, 3.05) is 25.4 Å². The number of carbonyl (C=O) groups is 1. The number of hydrogen-bond acceptors (Lipinski definition) is 5. The van der Waals surface area contributed by atoms with Gasteiger partial charge in [0.05, 0.1) is 5.69 Å². The van der Waals surface area contributed by atoms with Crippen molar-refractivity contribution in [2.24, 2.45) is 0 Å². The van der Waals surface area contributed by atoms with Gasteiger partial charge in [0.25, 0.3) is 5.91 Å². The van der Waals surface area contributed by atoms with Gasteiger partial charge in [0, 0.05) is 28.0 Å². The third kappa shape index (κ3) is 3.51. The van der Waals surface area contributed by atoms with E-state index < -0.39 is 0 Å². The summed E-state index contributed by atoms with van der Waals surface area (Å²) in [6.07, 6.45) is 0.907. The Balaban J connectivity index is 2.13. The molecule has 0 saturated carbocycles. The van der Waals surface area contributed by atoms with Gasteiger partial charge in [-0.15, -0.1) is 11.3 Å². The smallest absolute Gasteiger partial charge is 0.263 e. The van der Waals surface area contributed by atoms with Crippen molar-refractivity contribution < 1.29 is 4.79 Å². The number of aromatic nitrogens is 1. The van der Waals surface area contributed by atoms with Gasteiger partial charge in [0.2, 0.25) is 0 Å². The van der Waals surface area contributed by atoms with Crippen molar-refractivity contribution in [1.82, 2.24) is 15.6 Å². The molecule has 0 aliphatic heterocycles. The van der Waals surface area contributed by atoms with Gasteiger partial charge in [-0.3, -0.25) is 9.78 Å². The summed E-state index contributed by atoms with van der Waals surface area (Å²) >= 11 is 1.44. The van der Waals surface area contributed by atoms with Crippen molar-refractivity contribution in [3.05, 3.63) is 22.3 Å². The van der Waals surface area contributed by atoms with Gasteiger partial charge in [-0.2, -0.15) is 0 Å². The van der Waals surface area contributed by atoms with Gasteiger partial charge in [-0.25, -0.2) is 0 Å². The highest BCUT2D eigenvalue weighted by Gasteiger charge is 2.18. The van der Waals surface area contributed by atoms with Crippen LogP contribution >= 0.6 is 11.3 Å². The van der Waals surface area contributed by atoms with Crippen LogP contribution in [0.2, 0.25) is 0 Å². The molecule has 2 aromatic heterocycles. The molecule has 0 unspecified atom stereocenters. The molecule has 0 aliphatic rings. The Kier molecular flexibility index (Phi) is 5.14. The van der Waals surface area contributed by atoms with E-state index in [9.17, 15) is 4.79 Å². The van der Waals surface area contributed by atoms with E-state index in [1.165, 1.54) is 11.3 Å². The van der Waals surface area contributed by atoms with Crippen LogP contribution in [0.4, 0.5) is 5.69 Å². The third-order valence-corrected chi connectivity index (χ3v) is 4.44. The molecule has 2 rings (SSSR count). The number of hydrogen-bond donors (Lipinski definition) is 3. The zero-order valence-electron chi connectivity index (χ0n) is 12.7. The maximum atomic E-state index is 12.2. The van der Waals surface area contributed by atoms with Crippen LogP contribution < -0.4 is 16.4 Å². The second-order valence-corrected chi connectivity index (χ2v) is 6.08.